The number of hydrogen-bond donors (Lipinski definition) is 2. The molecule has 2 N–H and O–H groups in total. The lowest BCUT2D eigenvalue weighted by atomic mass is 9.89. The van der Waals surface area contributed by atoms with E-state index in [1.54, 1.807) is 0 Å². The molecule has 0 saturated carbocycles. The predicted octanol–water partition coefficient (Wildman–Crippen LogP) is 3.86. The van der Waals surface area contributed by atoms with Gasteiger partial charge in [-0.3, -0.25) is 4.79 Å². The van der Waals surface area contributed by atoms with Crippen LogP contribution in [0.15, 0.2) is 66.7 Å². The first-order valence-corrected chi connectivity index (χ1v) is 7.54. The van der Waals surface area contributed by atoms with Crippen molar-refractivity contribution >= 4 is 18.4 Å². The van der Waals surface area contributed by atoms with E-state index in [2.05, 4.69) is 23.5 Å². The van der Waals surface area contributed by atoms with Gasteiger partial charge in [-0.05, 0) is 29.7 Å². The molecule has 0 amide bonds. The van der Waals surface area contributed by atoms with Crippen LogP contribution in [-0.4, -0.2) is 23.7 Å². The molecule has 0 fully saturated rings. The summed E-state index contributed by atoms with van der Waals surface area (Å²) >= 11 is 0. The maximum absolute atomic E-state index is 11.7. The first kappa shape index (κ1) is 17.3. The Bertz CT molecular complexity index is 668. The molecule has 1 aliphatic rings. The van der Waals surface area contributed by atoms with Gasteiger partial charge in [0.1, 0.15) is 5.92 Å². The second-order valence-corrected chi connectivity index (χ2v) is 5.50. The predicted molar refractivity (Wildman–Crippen MR) is 95.1 cm³/mol. The maximum Gasteiger partial charge on any atom is 0.312 e. The van der Waals surface area contributed by atoms with Crippen LogP contribution in [0.1, 0.15) is 17.9 Å². The van der Waals surface area contributed by atoms with Crippen molar-refractivity contribution in [1.29, 1.82) is 0 Å². The fourth-order valence-corrected chi connectivity index (χ4v) is 2.89. The Hall–Kier alpha value is -2.10. The zero-order chi connectivity index (χ0) is 15.4. The van der Waals surface area contributed by atoms with Crippen LogP contribution in [0.5, 0.6) is 0 Å². The Morgan fingerprint density at radius 2 is 1.70 bits per heavy atom. The fraction of sp³-hybridized carbons (Fsp3) is 0.211. The third-order valence-corrected chi connectivity index (χ3v) is 4.04. The highest BCUT2D eigenvalue weighted by molar-refractivity contribution is 5.85. The molecule has 23 heavy (non-hydrogen) atoms. The monoisotopic (exact) mass is 329 g/mol. The van der Waals surface area contributed by atoms with Gasteiger partial charge in [0, 0.05) is 6.04 Å². The van der Waals surface area contributed by atoms with E-state index in [0.29, 0.717) is 0 Å². The lowest BCUT2D eigenvalue weighted by molar-refractivity contribution is -0.139. The molecule has 1 heterocycles. The minimum atomic E-state index is -0.795. The molecule has 0 spiro atoms. The lowest BCUT2D eigenvalue weighted by Gasteiger charge is -2.25. The molecule has 0 aromatic heterocycles. The van der Waals surface area contributed by atoms with Gasteiger partial charge < -0.3 is 10.4 Å². The molecule has 0 bridgehead atoms. The van der Waals surface area contributed by atoms with E-state index in [-0.39, 0.29) is 18.4 Å². The van der Waals surface area contributed by atoms with Crippen LogP contribution in [0, 0.1) is 0 Å². The molecule has 0 aliphatic carbocycles. The number of aliphatic carboxylic acids is 1. The standard InChI is InChI=1S/C19H19NO2.ClH/c21-19(22)18(17-8-4-5-13-20-17)16-11-9-15(10-12-16)14-6-2-1-3-7-14;/h1-4,6-12,17-18,20H,5,13H2,(H,21,22);1H/t17?,18-;/m0./s1. The molecule has 2 aromatic rings. The van der Waals surface area contributed by atoms with Crippen LogP contribution in [0.2, 0.25) is 0 Å². The number of nitrogens with one attached hydrogen (secondary N) is 1. The van der Waals surface area contributed by atoms with Crippen molar-refractivity contribution in [3.8, 4) is 11.1 Å². The molecular formula is C19H20ClNO2. The summed E-state index contributed by atoms with van der Waals surface area (Å²) in [6, 6.07) is 17.8. The van der Waals surface area contributed by atoms with Crippen LogP contribution in [0.25, 0.3) is 11.1 Å². The van der Waals surface area contributed by atoms with Gasteiger partial charge in [0.15, 0.2) is 0 Å². The van der Waals surface area contributed by atoms with Gasteiger partial charge >= 0.3 is 5.97 Å². The molecule has 0 radical (unpaired) electrons. The molecule has 2 aromatic carbocycles. The Balaban J connectivity index is 0.00000192. The van der Waals surface area contributed by atoms with Crippen LogP contribution in [-0.2, 0) is 4.79 Å². The Morgan fingerprint density at radius 1 is 1.04 bits per heavy atom. The fourth-order valence-electron chi connectivity index (χ4n) is 2.89. The number of carboxylic acids is 1. The van der Waals surface area contributed by atoms with Crippen molar-refractivity contribution in [3.63, 3.8) is 0 Å². The number of benzene rings is 2. The highest BCUT2D eigenvalue weighted by atomic mass is 35.5. The average Bonchev–Trinajstić information content (AvgIpc) is 2.57. The van der Waals surface area contributed by atoms with Crippen LogP contribution in [0.4, 0.5) is 0 Å². The highest BCUT2D eigenvalue weighted by Crippen LogP contribution is 2.26. The summed E-state index contributed by atoms with van der Waals surface area (Å²) < 4.78 is 0. The maximum atomic E-state index is 11.7. The summed E-state index contributed by atoms with van der Waals surface area (Å²) in [6.45, 7) is 0.826. The third-order valence-electron chi connectivity index (χ3n) is 4.04. The molecule has 4 heteroatoms. The Kier molecular flexibility index (Phi) is 5.97. The second kappa shape index (κ2) is 7.95. The number of hydrogen-bond acceptors (Lipinski definition) is 2. The number of carboxylic acid groups (broad SMARTS) is 1. The minimum Gasteiger partial charge on any atom is -0.481 e. The number of halogens is 1. The number of rotatable bonds is 4. The van der Waals surface area contributed by atoms with Gasteiger partial charge in [-0.1, -0.05) is 66.7 Å². The summed E-state index contributed by atoms with van der Waals surface area (Å²) in [4.78, 5) is 11.7. The van der Waals surface area contributed by atoms with E-state index < -0.39 is 11.9 Å². The molecule has 120 valence electrons. The Morgan fingerprint density at radius 3 is 2.26 bits per heavy atom. The van der Waals surface area contributed by atoms with E-state index in [4.69, 9.17) is 0 Å². The molecule has 2 atom stereocenters. The van der Waals surface area contributed by atoms with Gasteiger partial charge in [-0.15, -0.1) is 12.4 Å². The van der Waals surface area contributed by atoms with E-state index in [1.165, 1.54) is 0 Å². The summed E-state index contributed by atoms with van der Waals surface area (Å²) in [5, 5.41) is 12.9. The van der Waals surface area contributed by atoms with E-state index in [9.17, 15) is 9.90 Å². The van der Waals surface area contributed by atoms with Crippen molar-refractivity contribution in [3.05, 3.63) is 72.3 Å². The SMILES string of the molecule is Cl.O=C(O)[C@@H](c1ccc(-c2ccccc2)cc1)C1C=CCCN1. The smallest absolute Gasteiger partial charge is 0.312 e. The first-order valence-electron chi connectivity index (χ1n) is 7.54. The average molecular weight is 330 g/mol. The molecule has 3 rings (SSSR count). The normalized spacial score (nSPS) is 18.0. The number of carbonyl (C=O) groups is 1. The molecular weight excluding hydrogens is 310 g/mol. The lowest BCUT2D eigenvalue weighted by Crippen LogP contribution is -2.39. The summed E-state index contributed by atoms with van der Waals surface area (Å²) in [5.74, 6) is -1.35. The minimum absolute atomic E-state index is 0. The first-order chi connectivity index (χ1) is 10.8. The van der Waals surface area contributed by atoms with Gasteiger partial charge in [-0.2, -0.15) is 0 Å². The summed E-state index contributed by atoms with van der Waals surface area (Å²) in [7, 11) is 0. The molecule has 1 unspecified atom stereocenters. The van der Waals surface area contributed by atoms with Crippen molar-refractivity contribution < 1.29 is 9.90 Å². The van der Waals surface area contributed by atoms with Gasteiger partial charge in [0.2, 0.25) is 0 Å². The van der Waals surface area contributed by atoms with Crippen molar-refractivity contribution in [2.24, 2.45) is 0 Å². The highest BCUT2D eigenvalue weighted by Gasteiger charge is 2.28. The topological polar surface area (TPSA) is 49.3 Å². The van der Waals surface area contributed by atoms with Crippen molar-refractivity contribution in [1.82, 2.24) is 5.32 Å². The summed E-state index contributed by atoms with van der Waals surface area (Å²) in [6.07, 6.45) is 4.97. The van der Waals surface area contributed by atoms with Crippen molar-refractivity contribution in [2.75, 3.05) is 6.54 Å². The van der Waals surface area contributed by atoms with E-state index in [0.717, 1.165) is 29.7 Å². The molecule has 3 nitrogen and oxygen atoms in total. The largest absolute Gasteiger partial charge is 0.481 e. The zero-order valence-electron chi connectivity index (χ0n) is 12.7. The van der Waals surface area contributed by atoms with Gasteiger partial charge in [0.05, 0.1) is 0 Å². The van der Waals surface area contributed by atoms with Gasteiger partial charge in [0.25, 0.3) is 0 Å². The molecule has 1 aliphatic heterocycles. The quantitative estimate of drug-likeness (QED) is 0.837. The second-order valence-electron chi connectivity index (χ2n) is 5.50. The van der Waals surface area contributed by atoms with Crippen molar-refractivity contribution in [2.45, 2.75) is 18.4 Å². The van der Waals surface area contributed by atoms with E-state index >= 15 is 0 Å². The summed E-state index contributed by atoms with van der Waals surface area (Å²) in [5.41, 5.74) is 3.06. The van der Waals surface area contributed by atoms with Crippen LogP contribution in [0.3, 0.4) is 0 Å². The van der Waals surface area contributed by atoms with E-state index in [1.807, 2.05) is 48.5 Å². The zero-order valence-corrected chi connectivity index (χ0v) is 13.5. The molecule has 0 saturated heterocycles. The van der Waals surface area contributed by atoms with Crippen LogP contribution >= 0.6 is 12.4 Å². The Labute approximate surface area is 142 Å². The van der Waals surface area contributed by atoms with Gasteiger partial charge in [-0.25, -0.2) is 0 Å². The van der Waals surface area contributed by atoms with Crippen LogP contribution < -0.4 is 5.32 Å². The third kappa shape index (κ3) is 4.01.